The van der Waals surface area contributed by atoms with Crippen molar-refractivity contribution in [2.45, 2.75) is 11.1 Å². The molecule has 1 fully saturated rings. The summed E-state index contributed by atoms with van der Waals surface area (Å²) >= 11 is 5.73. The summed E-state index contributed by atoms with van der Waals surface area (Å²) in [5.41, 5.74) is -1.36. The number of sulfonamides is 1. The Morgan fingerprint density at radius 3 is 2.28 bits per heavy atom. The highest BCUT2D eigenvalue weighted by atomic mass is 35.5. The van der Waals surface area contributed by atoms with Gasteiger partial charge in [0.25, 0.3) is 15.9 Å². The van der Waals surface area contributed by atoms with Gasteiger partial charge in [-0.25, -0.2) is 8.42 Å². The highest BCUT2D eigenvalue weighted by molar-refractivity contribution is 7.92. The largest absolute Gasteiger partial charge is 0.417 e. The maximum Gasteiger partial charge on any atom is 0.417 e. The summed E-state index contributed by atoms with van der Waals surface area (Å²) in [4.78, 5) is 27.5. The van der Waals surface area contributed by atoms with E-state index >= 15 is 0 Å². The average Bonchev–Trinajstić information content (AvgIpc) is 2.92. The molecule has 1 aliphatic heterocycles. The van der Waals surface area contributed by atoms with Gasteiger partial charge in [-0.3, -0.25) is 13.9 Å². The molecule has 4 rings (SSSR count). The molecular weight excluding hydrogens is 559 g/mol. The Hall–Kier alpha value is -3.61. The van der Waals surface area contributed by atoms with Gasteiger partial charge in [0, 0.05) is 13.1 Å². The van der Waals surface area contributed by atoms with Crippen LogP contribution in [0, 0.1) is 0 Å². The van der Waals surface area contributed by atoms with Gasteiger partial charge in [0.05, 0.1) is 45.6 Å². The van der Waals surface area contributed by atoms with Crippen LogP contribution in [0.3, 0.4) is 0 Å². The van der Waals surface area contributed by atoms with Crippen molar-refractivity contribution in [3.63, 3.8) is 0 Å². The summed E-state index contributed by atoms with van der Waals surface area (Å²) in [5.74, 6) is -1.23. The second-order valence-electron chi connectivity index (χ2n) is 8.48. The summed E-state index contributed by atoms with van der Waals surface area (Å²) in [6.45, 7) is 0.585. The van der Waals surface area contributed by atoms with Gasteiger partial charge in [0.1, 0.15) is 6.54 Å². The number of alkyl halides is 3. The Morgan fingerprint density at radius 2 is 1.62 bits per heavy atom. The Morgan fingerprint density at radius 1 is 0.974 bits per heavy atom. The minimum absolute atomic E-state index is 0.128. The number of hydrogen-bond acceptors (Lipinski definition) is 5. The third-order valence-electron chi connectivity index (χ3n) is 5.89. The van der Waals surface area contributed by atoms with E-state index < -0.39 is 44.9 Å². The molecule has 0 aliphatic carbocycles. The minimum atomic E-state index is -4.86. The molecular formula is C26H23ClF3N3O5S. The van der Waals surface area contributed by atoms with E-state index in [0.29, 0.717) is 36.7 Å². The van der Waals surface area contributed by atoms with E-state index in [0.717, 1.165) is 12.1 Å². The van der Waals surface area contributed by atoms with Gasteiger partial charge >= 0.3 is 6.18 Å². The van der Waals surface area contributed by atoms with E-state index in [-0.39, 0.29) is 22.1 Å². The number of benzene rings is 3. The van der Waals surface area contributed by atoms with Crippen molar-refractivity contribution in [1.82, 2.24) is 4.90 Å². The van der Waals surface area contributed by atoms with Crippen LogP contribution in [0.1, 0.15) is 15.9 Å². The van der Waals surface area contributed by atoms with Gasteiger partial charge in [-0.1, -0.05) is 41.9 Å². The number of amides is 2. The summed E-state index contributed by atoms with van der Waals surface area (Å²) < 4.78 is 73.5. The monoisotopic (exact) mass is 581 g/mol. The number of anilines is 2. The van der Waals surface area contributed by atoms with Crippen LogP contribution < -0.4 is 9.62 Å². The molecule has 0 radical (unpaired) electrons. The van der Waals surface area contributed by atoms with E-state index in [1.54, 1.807) is 23.1 Å². The van der Waals surface area contributed by atoms with Gasteiger partial charge in [-0.05, 0) is 42.5 Å². The highest BCUT2D eigenvalue weighted by Gasteiger charge is 2.35. The van der Waals surface area contributed by atoms with Gasteiger partial charge in [-0.2, -0.15) is 13.2 Å². The fraction of sp³-hybridized carbons (Fsp3) is 0.231. The summed E-state index contributed by atoms with van der Waals surface area (Å²) in [5, 5.41) is 1.92. The normalized spacial score (nSPS) is 14.1. The Balaban J connectivity index is 1.67. The molecule has 39 heavy (non-hydrogen) atoms. The first-order valence-corrected chi connectivity index (χ1v) is 13.5. The average molecular weight is 582 g/mol. The number of para-hydroxylation sites is 1. The fourth-order valence-corrected chi connectivity index (χ4v) is 5.61. The molecule has 13 heteroatoms. The molecule has 2 amide bonds. The molecule has 1 saturated heterocycles. The van der Waals surface area contributed by atoms with Crippen molar-refractivity contribution in [2.75, 3.05) is 42.5 Å². The van der Waals surface area contributed by atoms with Crippen LogP contribution in [0.4, 0.5) is 24.5 Å². The Bertz CT molecular complexity index is 1460. The maximum absolute atomic E-state index is 13.6. The molecule has 3 aromatic rings. The van der Waals surface area contributed by atoms with Crippen LogP contribution in [0.15, 0.2) is 77.7 Å². The number of ether oxygens (including phenoxy) is 1. The van der Waals surface area contributed by atoms with Crippen molar-refractivity contribution in [3.05, 3.63) is 88.9 Å². The van der Waals surface area contributed by atoms with E-state index in [4.69, 9.17) is 16.3 Å². The van der Waals surface area contributed by atoms with Crippen LogP contribution in [0.5, 0.6) is 0 Å². The number of carbonyl (C=O) groups excluding carboxylic acids is 2. The van der Waals surface area contributed by atoms with Crippen molar-refractivity contribution < 1.29 is 35.9 Å². The number of halogens is 4. The van der Waals surface area contributed by atoms with Crippen LogP contribution in [-0.4, -0.2) is 58.0 Å². The zero-order valence-electron chi connectivity index (χ0n) is 20.3. The molecule has 8 nitrogen and oxygen atoms in total. The van der Waals surface area contributed by atoms with Crippen molar-refractivity contribution in [3.8, 4) is 0 Å². The second kappa shape index (κ2) is 11.6. The van der Waals surface area contributed by atoms with Crippen molar-refractivity contribution >= 4 is 44.8 Å². The smallest absolute Gasteiger partial charge is 0.378 e. The van der Waals surface area contributed by atoms with Crippen LogP contribution in [0.25, 0.3) is 0 Å². The molecule has 0 spiro atoms. The SMILES string of the molecule is O=C(CN(c1ccc(Cl)c(C(F)(F)F)c1)S(=O)(=O)c1ccccc1)Nc1ccccc1C(=O)N1CCOCC1. The minimum Gasteiger partial charge on any atom is -0.378 e. The summed E-state index contributed by atoms with van der Waals surface area (Å²) in [6.07, 6.45) is -4.86. The van der Waals surface area contributed by atoms with Gasteiger partial charge in [-0.15, -0.1) is 0 Å². The first-order valence-electron chi connectivity index (χ1n) is 11.7. The molecule has 0 atom stereocenters. The number of carbonyl (C=O) groups is 2. The van der Waals surface area contributed by atoms with E-state index in [9.17, 15) is 31.2 Å². The van der Waals surface area contributed by atoms with Gasteiger partial charge in [0.2, 0.25) is 5.91 Å². The van der Waals surface area contributed by atoms with Gasteiger partial charge < -0.3 is 15.0 Å². The topological polar surface area (TPSA) is 96.0 Å². The van der Waals surface area contributed by atoms with Crippen molar-refractivity contribution in [1.29, 1.82) is 0 Å². The molecule has 3 aromatic carbocycles. The second-order valence-corrected chi connectivity index (χ2v) is 10.8. The van der Waals surface area contributed by atoms with Crippen molar-refractivity contribution in [2.24, 2.45) is 0 Å². The van der Waals surface area contributed by atoms with Crippen LogP contribution in [0.2, 0.25) is 5.02 Å². The third kappa shape index (κ3) is 6.52. The van der Waals surface area contributed by atoms with E-state index in [1.165, 1.54) is 36.4 Å². The Labute approximate surface area is 228 Å². The van der Waals surface area contributed by atoms with Crippen LogP contribution in [-0.2, 0) is 25.7 Å². The van der Waals surface area contributed by atoms with Gasteiger partial charge in [0.15, 0.2) is 0 Å². The predicted octanol–water partition coefficient (Wildman–Crippen LogP) is 4.67. The third-order valence-corrected chi connectivity index (χ3v) is 8.01. The zero-order chi connectivity index (χ0) is 28.2. The fourth-order valence-electron chi connectivity index (χ4n) is 3.96. The standard InChI is InChI=1S/C26H23ClF3N3O5S/c27-22-11-10-18(16-21(22)26(28,29)30)33(39(36,37)19-6-2-1-3-7-19)17-24(34)31-23-9-5-4-8-20(23)25(35)32-12-14-38-15-13-32/h1-11,16H,12-15,17H2,(H,31,34). The summed E-state index contributed by atoms with van der Waals surface area (Å²) in [7, 11) is -4.49. The summed E-state index contributed by atoms with van der Waals surface area (Å²) in [6, 6.07) is 15.8. The molecule has 0 saturated carbocycles. The lowest BCUT2D eigenvalue weighted by Gasteiger charge is -2.28. The lowest BCUT2D eigenvalue weighted by Crippen LogP contribution is -2.41. The first kappa shape index (κ1) is 28.4. The lowest BCUT2D eigenvalue weighted by molar-refractivity contribution is -0.137. The highest BCUT2D eigenvalue weighted by Crippen LogP contribution is 2.38. The molecule has 0 bridgehead atoms. The first-order chi connectivity index (χ1) is 18.5. The lowest BCUT2D eigenvalue weighted by atomic mass is 10.1. The predicted molar refractivity (Wildman–Crippen MR) is 139 cm³/mol. The molecule has 206 valence electrons. The molecule has 1 N–H and O–H groups in total. The molecule has 0 aromatic heterocycles. The van der Waals surface area contributed by atoms with E-state index in [2.05, 4.69) is 5.32 Å². The molecule has 1 aliphatic rings. The van der Waals surface area contributed by atoms with Crippen LogP contribution >= 0.6 is 11.6 Å². The molecule has 0 unspecified atom stereocenters. The number of hydrogen-bond donors (Lipinski definition) is 1. The molecule has 1 heterocycles. The number of morpholine rings is 1. The maximum atomic E-state index is 13.6. The number of nitrogens with zero attached hydrogens (tertiary/aromatic N) is 2. The number of rotatable bonds is 7. The zero-order valence-corrected chi connectivity index (χ0v) is 21.9. The Kier molecular flexibility index (Phi) is 8.48. The van der Waals surface area contributed by atoms with E-state index in [1.807, 2.05) is 0 Å². The number of nitrogens with one attached hydrogen (secondary N) is 1. The quantitative estimate of drug-likeness (QED) is 0.438.